The predicted molar refractivity (Wildman–Crippen MR) is 96.0 cm³/mol. The quantitative estimate of drug-likeness (QED) is 0.859. The van der Waals surface area contributed by atoms with E-state index in [0.717, 1.165) is 5.56 Å². The summed E-state index contributed by atoms with van der Waals surface area (Å²) in [6.07, 6.45) is 3.60. The zero-order valence-corrected chi connectivity index (χ0v) is 14.6. The van der Waals surface area contributed by atoms with Crippen LogP contribution in [-0.4, -0.2) is 41.5 Å². The third-order valence-electron chi connectivity index (χ3n) is 3.98. The topological polar surface area (TPSA) is 80.8 Å². The molecule has 0 aliphatic carbocycles. The summed E-state index contributed by atoms with van der Waals surface area (Å²) in [5, 5.41) is 2.83. The van der Waals surface area contributed by atoms with E-state index in [9.17, 15) is 9.59 Å². The highest BCUT2D eigenvalue weighted by Crippen LogP contribution is 2.32. The van der Waals surface area contributed by atoms with Gasteiger partial charge < -0.3 is 19.7 Å². The van der Waals surface area contributed by atoms with E-state index in [0.29, 0.717) is 43.5 Å². The van der Waals surface area contributed by atoms with Gasteiger partial charge in [0.1, 0.15) is 13.2 Å². The summed E-state index contributed by atoms with van der Waals surface area (Å²) in [6.45, 7) is 3.28. The van der Waals surface area contributed by atoms with Crippen molar-refractivity contribution < 1.29 is 19.1 Å². The van der Waals surface area contributed by atoms with Crippen LogP contribution in [0.2, 0.25) is 0 Å². The summed E-state index contributed by atoms with van der Waals surface area (Å²) in [6, 6.07) is 9.00. The Morgan fingerprint density at radius 3 is 2.73 bits per heavy atom. The number of ether oxygens (including phenoxy) is 2. The first-order valence-corrected chi connectivity index (χ1v) is 8.46. The lowest BCUT2D eigenvalue weighted by molar-refractivity contribution is -0.129. The number of carbonyl (C=O) groups excluding carboxylic acids is 2. The first-order valence-electron chi connectivity index (χ1n) is 8.46. The van der Waals surface area contributed by atoms with Gasteiger partial charge in [-0.15, -0.1) is 0 Å². The van der Waals surface area contributed by atoms with Crippen LogP contribution < -0.4 is 14.8 Å². The Balaban J connectivity index is 1.54. The summed E-state index contributed by atoms with van der Waals surface area (Å²) < 4.78 is 11.0. The number of nitrogens with zero attached hydrogens (tertiary/aromatic N) is 2. The number of nitrogens with one attached hydrogen (secondary N) is 1. The summed E-state index contributed by atoms with van der Waals surface area (Å²) in [7, 11) is 0. The van der Waals surface area contributed by atoms with Gasteiger partial charge in [-0.2, -0.15) is 0 Å². The number of aromatic nitrogens is 1. The third kappa shape index (κ3) is 4.72. The first-order chi connectivity index (χ1) is 12.6. The maximum atomic E-state index is 12.2. The molecule has 0 radical (unpaired) electrons. The molecule has 0 atom stereocenters. The highest BCUT2D eigenvalue weighted by Gasteiger charge is 2.15. The number of amides is 2. The Labute approximate surface area is 151 Å². The van der Waals surface area contributed by atoms with Crippen LogP contribution in [0.5, 0.6) is 11.5 Å². The van der Waals surface area contributed by atoms with Crippen LogP contribution in [0.15, 0.2) is 42.7 Å². The molecule has 3 rings (SSSR count). The van der Waals surface area contributed by atoms with Crippen LogP contribution >= 0.6 is 0 Å². The standard InChI is InChI=1S/C19H21N3O4/c1-14(23)22(13-15-3-2-7-20-12-15)8-6-19(24)21-16-4-5-17-18(11-16)26-10-9-25-17/h2-5,7,11-12H,6,8-10,13H2,1H3,(H,21,24). The molecule has 1 aromatic carbocycles. The Bertz CT molecular complexity index is 780. The molecule has 7 heteroatoms. The number of hydrogen-bond acceptors (Lipinski definition) is 5. The average molecular weight is 355 g/mol. The lowest BCUT2D eigenvalue weighted by Gasteiger charge is -2.21. The van der Waals surface area contributed by atoms with Gasteiger partial charge in [0, 0.05) is 50.6 Å². The highest BCUT2D eigenvalue weighted by molar-refractivity contribution is 5.91. The summed E-state index contributed by atoms with van der Waals surface area (Å²) in [5.74, 6) is 1.05. The minimum absolute atomic E-state index is 0.0824. The molecule has 2 aromatic rings. The van der Waals surface area contributed by atoms with Crippen LogP contribution in [0.25, 0.3) is 0 Å². The normalized spacial score (nSPS) is 12.3. The molecule has 0 saturated carbocycles. The molecule has 1 N–H and O–H groups in total. The summed E-state index contributed by atoms with van der Waals surface area (Å²) in [5.41, 5.74) is 1.57. The van der Waals surface area contributed by atoms with E-state index in [2.05, 4.69) is 10.3 Å². The van der Waals surface area contributed by atoms with Gasteiger partial charge in [-0.25, -0.2) is 0 Å². The molecule has 1 aliphatic rings. The second kappa shape index (κ2) is 8.33. The Morgan fingerprint density at radius 2 is 2.00 bits per heavy atom. The van der Waals surface area contributed by atoms with E-state index in [1.54, 1.807) is 35.5 Å². The Kier molecular flexibility index (Phi) is 5.68. The van der Waals surface area contributed by atoms with Gasteiger partial charge in [0.05, 0.1) is 0 Å². The number of rotatable bonds is 6. The zero-order valence-electron chi connectivity index (χ0n) is 14.6. The first kappa shape index (κ1) is 17.7. The minimum Gasteiger partial charge on any atom is -0.486 e. The molecule has 2 heterocycles. The van der Waals surface area contributed by atoms with Crippen molar-refractivity contribution in [2.24, 2.45) is 0 Å². The van der Waals surface area contributed by atoms with Gasteiger partial charge in [0.2, 0.25) is 11.8 Å². The molecule has 0 unspecified atom stereocenters. The highest BCUT2D eigenvalue weighted by atomic mass is 16.6. The zero-order chi connectivity index (χ0) is 18.4. The monoisotopic (exact) mass is 355 g/mol. The van der Waals surface area contributed by atoms with Crippen LogP contribution in [0.1, 0.15) is 18.9 Å². The van der Waals surface area contributed by atoms with Gasteiger partial charge in [-0.05, 0) is 23.8 Å². The van der Waals surface area contributed by atoms with Gasteiger partial charge in [0.15, 0.2) is 11.5 Å². The average Bonchev–Trinajstić information content (AvgIpc) is 2.65. The lowest BCUT2D eigenvalue weighted by Crippen LogP contribution is -2.31. The van der Waals surface area contributed by atoms with Crippen LogP contribution in [0, 0.1) is 0 Å². The fourth-order valence-electron chi connectivity index (χ4n) is 2.64. The van der Waals surface area contributed by atoms with Gasteiger partial charge in [0.25, 0.3) is 0 Å². The second-order valence-electron chi connectivity index (χ2n) is 5.96. The van der Waals surface area contributed by atoms with Crippen molar-refractivity contribution in [3.8, 4) is 11.5 Å². The smallest absolute Gasteiger partial charge is 0.226 e. The predicted octanol–water partition coefficient (Wildman–Crippen LogP) is 2.23. The molecule has 0 fully saturated rings. The van der Waals surface area contributed by atoms with Crippen LogP contribution in [0.4, 0.5) is 5.69 Å². The van der Waals surface area contributed by atoms with Crippen LogP contribution in [-0.2, 0) is 16.1 Å². The van der Waals surface area contributed by atoms with Crippen molar-refractivity contribution in [3.63, 3.8) is 0 Å². The number of benzene rings is 1. The van der Waals surface area contributed by atoms with E-state index in [4.69, 9.17) is 9.47 Å². The van der Waals surface area contributed by atoms with Crippen molar-refractivity contribution in [2.75, 3.05) is 25.1 Å². The van der Waals surface area contributed by atoms with E-state index in [-0.39, 0.29) is 18.2 Å². The number of anilines is 1. The number of carbonyl (C=O) groups is 2. The molecule has 2 amide bonds. The SMILES string of the molecule is CC(=O)N(CCC(=O)Nc1ccc2c(c1)OCCO2)Cc1cccnc1. The summed E-state index contributed by atoms with van der Waals surface area (Å²) >= 11 is 0. The molecule has 1 aromatic heterocycles. The number of fused-ring (bicyclic) bond motifs is 1. The maximum absolute atomic E-state index is 12.2. The van der Waals surface area contributed by atoms with E-state index < -0.39 is 0 Å². The number of pyridine rings is 1. The largest absolute Gasteiger partial charge is 0.486 e. The van der Waals surface area contributed by atoms with Crippen molar-refractivity contribution >= 4 is 17.5 Å². The van der Waals surface area contributed by atoms with Crippen molar-refractivity contribution in [2.45, 2.75) is 19.9 Å². The minimum atomic E-state index is -0.167. The Morgan fingerprint density at radius 1 is 1.19 bits per heavy atom. The van der Waals surface area contributed by atoms with Crippen LogP contribution in [0.3, 0.4) is 0 Å². The maximum Gasteiger partial charge on any atom is 0.226 e. The molecule has 0 saturated heterocycles. The second-order valence-corrected chi connectivity index (χ2v) is 5.96. The molecule has 1 aliphatic heterocycles. The molecule has 7 nitrogen and oxygen atoms in total. The molecule has 0 bridgehead atoms. The van der Waals surface area contributed by atoms with Gasteiger partial charge >= 0.3 is 0 Å². The van der Waals surface area contributed by atoms with E-state index >= 15 is 0 Å². The summed E-state index contributed by atoms with van der Waals surface area (Å²) in [4.78, 5) is 29.7. The number of hydrogen-bond donors (Lipinski definition) is 1. The Hall–Kier alpha value is -3.09. The van der Waals surface area contributed by atoms with Crippen molar-refractivity contribution in [1.82, 2.24) is 9.88 Å². The van der Waals surface area contributed by atoms with Crippen molar-refractivity contribution in [3.05, 3.63) is 48.3 Å². The molecule has 0 spiro atoms. The molecular weight excluding hydrogens is 334 g/mol. The third-order valence-corrected chi connectivity index (χ3v) is 3.98. The van der Waals surface area contributed by atoms with Crippen molar-refractivity contribution in [1.29, 1.82) is 0 Å². The molecular formula is C19H21N3O4. The fraction of sp³-hybridized carbons (Fsp3) is 0.316. The van der Waals surface area contributed by atoms with Gasteiger partial charge in [-0.1, -0.05) is 6.07 Å². The fourth-order valence-corrected chi connectivity index (χ4v) is 2.64. The molecule has 136 valence electrons. The lowest BCUT2D eigenvalue weighted by atomic mass is 10.2. The van der Waals surface area contributed by atoms with Gasteiger partial charge in [-0.3, -0.25) is 14.6 Å². The van der Waals surface area contributed by atoms with E-state index in [1.165, 1.54) is 6.92 Å². The molecule has 26 heavy (non-hydrogen) atoms. The van der Waals surface area contributed by atoms with E-state index in [1.807, 2.05) is 12.1 Å².